The predicted molar refractivity (Wildman–Crippen MR) is 79.9 cm³/mol. The maximum atomic E-state index is 3.86. The van der Waals surface area contributed by atoms with Crippen molar-refractivity contribution in [1.29, 1.82) is 0 Å². The highest BCUT2D eigenvalue weighted by Gasteiger charge is 2.53. The first-order valence-electron chi connectivity index (χ1n) is 5.75. The normalized spacial score (nSPS) is 12.1. The van der Waals surface area contributed by atoms with Crippen molar-refractivity contribution in [2.24, 2.45) is 0 Å². The van der Waals surface area contributed by atoms with Crippen molar-refractivity contribution in [3.8, 4) is 0 Å². The summed E-state index contributed by atoms with van der Waals surface area (Å²) in [5.41, 5.74) is 0. The topological polar surface area (TPSA) is 13.0 Å². The molecule has 0 spiro atoms. The molecule has 18 heavy (non-hydrogen) atoms. The molecule has 0 saturated heterocycles. The quantitative estimate of drug-likeness (QED) is 0.417. The number of halogens is 1. The second-order valence-corrected chi connectivity index (χ2v) is 8.57. The molecule has 0 aromatic rings. The third-order valence-corrected chi connectivity index (χ3v) is 6.97. The molecule has 0 bridgehead atoms. The Morgan fingerprint density at radius 3 is 1.22 bits per heavy atom. The first kappa shape index (κ1) is 20.5. The highest BCUT2D eigenvalue weighted by atomic mass is 79.9. The van der Waals surface area contributed by atoms with Crippen LogP contribution in [-0.4, -0.2) is 74.1 Å². The zero-order valence-electron chi connectivity index (χ0n) is 12.6. The van der Waals surface area contributed by atoms with Gasteiger partial charge in [0.15, 0.2) is 0 Å². The van der Waals surface area contributed by atoms with Crippen LogP contribution in [0.25, 0.3) is 0 Å². The van der Waals surface area contributed by atoms with E-state index in [9.17, 15) is 0 Å². The second-order valence-electron chi connectivity index (χ2n) is 4.53. The van der Waals surface area contributed by atoms with Crippen LogP contribution in [-0.2, 0) is 0 Å². The molecule has 0 aliphatic heterocycles. The lowest BCUT2D eigenvalue weighted by molar-refractivity contribution is -0.00000393. The van der Waals surface area contributed by atoms with E-state index in [-0.39, 0.29) is 17.0 Å². The molecule has 0 fully saturated rings. The summed E-state index contributed by atoms with van der Waals surface area (Å²) in [4.78, 5) is 0. The zero-order chi connectivity index (χ0) is 13.6. The van der Waals surface area contributed by atoms with E-state index in [2.05, 4.69) is 74.1 Å². The fourth-order valence-electron chi connectivity index (χ4n) is 2.42. The summed E-state index contributed by atoms with van der Waals surface area (Å²) in [6.07, 6.45) is 3.91. The van der Waals surface area contributed by atoms with Crippen molar-refractivity contribution in [2.45, 2.75) is 0 Å². The Morgan fingerprint density at radius 2 is 1.06 bits per heavy atom. The molecule has 0 aromatic heterocycles. The van der Waals surface area contributed by atoms with Crippen LogP contribution in [0.1, 0.15) is 0 Å². The SMILES string of the molecule is C=CCN(CC=C)[P+](N(C)C)(N(C)C)N(C)C.[Br-]. The van der Waals surface area contributed by atoms with E-state index >= 15 is 0 Å². The molecule has 0 aliphatic rings. The van der Waals surface area contributed by atoms with E-state index < -0.39 is 7.87 Å². The monoisotopic (exact) mass is 338 g/mol. The van der Waals surface area contributed by atoms with Gasteiger partial charge in [0.05, 0.1) is 13.1 Å². The van der Waals surface area contributed by atoms with E-state index in [0.29, 0.717) is 0 Å². The first-order chi connectivity index (χ1) is 7.85. The molecular weight excluding hydrogens is 311 g/mol. The van der Waals surface area contributed by atoms with Crippen LogP contribution >= 0.6 is 7.87 Å². The summed E-state index contributed by atoms with van der Waals surface area (Å²) in [5, 5.41) is 0. The van der Waals surface area contributed by atoms with Gasteiger partial charge < -0.3 is 17.0 Å². The molecule has 0 aromatic carbocycles. The second kappa shape index (κ2) is 9.18. The Kier molecular flexibility index (Phi) is 10.5. The molecule has 0 radical (unpaired) electrons. The Hall–Kier alpha value is 0.230. The highest BCUT2D eigenvalue weighted by Crippen LogP contribution is 2.66. The molecule has 0 saturated carbocycles. The van der Waals surface area contributed by atoms with Crippen LogP contribution in [0.3, 0.4) is 0 Å². The van der Waals surface area contributed by atoms with E-state index in [1.807, 2.05) is 12.2 Å². The van der Waals surface area contributed by atoms with Crippen molar-refractivity contribution in [2.75, 3.05) is 55.4 Å². The average molecular weight is 339 g/mol. The van der Waals surface area contributed by atoms with Gasteiger partial charge in [-0.1, -0.05) is 12.2 Å². The summed E-state index contributed by atoms with van der Waals surface area (Å²) >= 11 is 0. The Morgan fingerprint density at radius 1 is 0.778 bits per heavy atom. The molecule has 0 heterocycles. The number of rotatable bonds is 8. The summed E-state index contributed by atoms with van der Waals surface area (Å²) in [7, 11) is 11.1. The van der Waals surface area contributed by atoms with Gasteiger partial charge in [0.2, 0.25) is 0 Å². The molecule has 0 N–H and O–H groups in total. The average Bonchev–Trinajstić information content (AvgIpc) is 2.17. The minimum Gasteiger partial charge on any atom is -1.00 e. The zero-order valence-corrected chi connectivity index (χ0v) is 15.1. The van der Waals surface area contributed by atoms with Crippen molar-refractivity contribution in [1.82, 2.24) is 18.7 Å². The van der Waals surface area contributed by atoms with Crippen molar-refractivity contribution in [3.63, 3.8) is 0 Å². The van der Waals surface area contributed by atoms with Crippen LogP contribution in [0.15, 0.2) is 25.3 Å². The summed E-state index contributed by atoms with van der Waals surface area (Å²) < 4.78 is 9.34. The van der Waals surface area contributed by atoms with Crippen LogP contribution < -0.4 is 17.0 Å². The van der Waals surface area contributed by atoms with Gasteiger partial charge in [-0.3, -0.25) is 0 Å². The predicted octanol–water partition coefficient (Wildman–Crippen LogP) is -0.973. The third kappa shape index (κ3) is 4.12. The van der Waals surface area contributed by atoms with E-state index in [4.69, 9.17) is 0 Å². The lowest BCUT2D eigenvalue weighted by Crippen LogP contribution is -3.00. The van der Waals surface area contributed by atoms with Gasteiger partial charge in [0, 0.05) is 42.3 Å². The molecule has 108 valence electrons. The number of hydrogen-bond donors (Lipinski definition) is 0. The smallest absolute Gasteiger partial charge is 0.307 e. The van der Waals surface area contributed by atoms with Crippen LogP contribution in [0.5, 0.6) is 0 Å². The van der Waals surface area contributed by atoms with Crippen molar-refractivity contribution < 1.29 is 17.0 Å². The van der Waals surface area contributed by atoms with Crippen LogP contribution in [0.2, 0.25) is 0 Å². The maximum Gasteiger partial charge on any atom is 0.307 e. The van der Waals surface area contributed by atoms with Gasteiger partial charge in [-0.15, -0.1) is 31.8 Å². The standard InChI is InChI=1S/C12H28N4P.BrH/c1-9-11-16(12-10-2)17(13(3)4,14(5)6)15(7)8;/h9-10H,1-2,11-12H2,3-8H3;1H/q+1;/p-1. The fraction of sp³-hybridized carbons (Fsp3) is 0.667. The van der Waals surface area contributed by atoms with Crippen molar-refractivity contribution in [3.05, 3.63) is 25.3 Å². The van der Waals surface area contributed by atoms with Gasteiger partial charge in [0.25, 0.3) is 0 Å². The van der Waals surface area contributed by atoms with Gasteiger partial charge >= 0.3 is 7.87 Å². The van der Waals surface area contributed by atoms with E-state index in [1.54, 1.807) is 0 Å². The lowest BCUT2D eigenvalue weighted by Gasteiger charge is -2.44. The van der Waals surface area contributed by atoms with Crippen LogP contribution in [0.4, 0.5) is 0 Å². The largest absolute Gasteiger partial charge is 1.00 e. The molecule has 6 heteroatoms. The highest BCUT2D eigenvalue weighted by molar-refractivity contribution is 7.66. The Balaban J connectivity index is 0. The van der Waals surface area contributed by atoms with E-state index in [1.165, 1.54) is 0 Å². The molecule has 0 rings (SSSR count). The van der Waals surface area contributed by atoms with Crippen molar-refractivity contribution >= 4 is 7.87 Å². The summed E-state index contributed by atoms with van der Waals surface area (Å²) in [6, 6.07) is 0. The molecule has 0 unspecified atom stereocenters. The molecular formula is C12H28BrN4P. The first-order valence-corrected chi connectivity index (χ1v) is 7.35. The Labute approximate surface area is 124 Å². The minimum atomic E-state index is -1.66. The van der Waals surface area contributed by atoms with Gasteiger partial charge in [0.1, 0.15) is 0 Å². The molecule has 4 nitrogen and oxygen atoms in total. The summed E-state index contributed by atoms with van der Waals surface area (Å²) in [6.45, 7) is 9.43. The number of hydrogen-bond acceptors (Lipinski definition) is 4. The summed E-state index contributed by atoms with van der Waals surface area (Å²) in [5.74, 6) is 0. The third-order valence-electron chi connectivity index (χ3n) is 2.67. The molecule has 0 atom stereocenters. The fourth-order valence-corrected chi connectivity index (χ4v) is 6.76. The van der Waals surface area contributed by atoms with E-state index in [0.717, 1.165) is 13.1 Å². The lowest BCUT2D eigenvalue weighted by atomic mass is 10.5. The van der Waals surface area contributed by atoms with Gasteiger partial charge in [-0.25, -0.2) is 0 Å². The number of nitrogens with zero attached hydrogens (tertiary/aromatic N) is 4. The maximum absolute atomic E-state index is 3.86. The Bertz CT molecular complexity index is 225. The molecule has 0 aliphatic carbocycles. The van der Waals surface area contributed by atoms with Gasteiger partial charge in [-0.05, 0) is 0 Å². The minimum absolute atomic E-state index is 0. The van der Waals surface area contributed by atoms with Gasteiger partial charge in [-0.2, -0.15) is 0 Å². The molecule has 0 amide bonds. The van der Waals surface area contributed by atoms with Crippen LogP contribution in [0, 0.1) is 0 Å².